The van der Waals surface area contributed by atoms with Crippen LogP contribution in [0, 0.1) is 23.7 Å². The maximum atomic E-state index is 12.2. The van der Waals surface area contributed by atoms with Crippen LogP contribution in [0.25, 0.3) is 0 Å². The van der Waals surface area contributed by atoms with Crippen LogP contribution < -0.4 is 5.48 Å². The molecule has 7 nitrogen and oxygen atoms in total. The molecular weight excluding hydrogens is 334 g/mol. The van der Waals surface area contributed by atoms with Gasteiger partial charge in [-0.25, -0.2) is 10.3 Å². The summed E-state index contributed by atoms with van der Waals surface area (Å²) >= 11 is 0. The second-order valence-corrected chi connectivity index (χ2v) is 8.27. The molecular formula is C19H31N3O4. The van der Waals surface area contributed by atoms with E-state index in [9.17, 15) is 9.59 Å². The normalized spacial score (nSPS) is 38.2. The molecule has 2 aliphatic carbocycles. The van der Waals surface area contributed by atoms with Gasteiger partial charge >= 0.3 is 6.09 Å². The number of hydrogen-bond donors (Lipinski definition) is 1. The summed E-state index contributed by atoms with van der Waals surface area (Å²) in [5.74, 6) is 1.72. The summed E-state index contributed by atoms with van der Waals surface area (Å²) in [6.45, 7) is 7.76. The summed E-state index contributed by atoms with van der Waals surface area (Å²) in [6.07, 6.45) is 4.11. The van der Waals surface area contributed by atoms with Crippen molar-refractivity contribution in [3.05, 3.63) is 0 Å². The van der Waals surface area contributed by atoms with Gasteiger partial charge in [-0.05, 0) is 50.4 Å². The maximum Gasteiger partial charge on any atom is 0.410 e. The predicted molar refractivity (Wildman–Crippen MR) is 95.1 cm³/mol. The molecule has 3 saturated heterocycles. The number of carbonyl (C=O) groups is 2. The largest absolute Gasteiger partial charge is 0.450 e. The predicted octanol–water partition coefficient (Wildman–Crippen LogP) is 1.63. The van der Waals surface area contributed by atoms with E-state index < -0.39 is 0 Å². The molecule has 0 radical (unpaired) electrons. The van der Waals surface area contributed by atoms with E-state index in [0.29, 0.717) is 43.1 Å². The van der Waals surface area contributed by atoms with Crippen molar-refractivity contribution >= 4 is 12.0 Å². The minimum Gasteiger partial charge on any atom is -0.450 e. The highest BCUT2D eigenvalue weighted by Crippen LogP contribution is 2.54. The Bertz CT molecular complexity index is 545. The highest BCUT2D eigenvalue weighted by atomic mass is 16.6. The average molecular weight is 365 g/mol. The number of rotatable bonds is 6. The van der Waals surface area contributed by atoms with Gasteiger partial charge in [0.25, 0.3) is 0 Å². The van der Waals surface area contributed by atoms with E-state index in [-0.39, 0.29) is 17.9 Å². The standard InChI is InChI=1S/C19H31N3O4/c1-3-7-26-20-18(23)17-14-10-21(11-15(14)17)16-8-13-6-5-12(16)9-22(13)19(24)25-4-2/h12-17H,3-11H2,1-2H3,(H,20,23). The Kier molecular flexibility index (Phi) is 5.10. The van der Waals surface area contributed by atoms with E-state index in [1.807, 2.05) is 18.7 Å². The fraction of sp³-hybridized carbons (Fsp3) is 0.895. The number of ether oxygens (including phenoxy) is 1. The first-order valence-corrected chi connectivity index (χ1v) is 10.2. The highest BCUT2D eigenvalue weighted by Gasteiger charge is 2.61. The molecule has 0 aromatic rings. The lowest BCUT2D eigenvalue weighted by molar-refractivity contribution is -0.136. The molecule has 2 bridgehead atoms. The van der Waals surface area contributed by atoms with Crippen LogP contribution in [-0.2, 0) is 14.4 Å². The van der Waals surface area contributed by atoms with Crippen LogP contribution in [0.4, 0.5) is 4.79 Å². The first-order chi connectivity index (χ1) is 12.6. The van der Waals surface area contributed by atoms with Crippen LogP contribution in [0.15, 0.2) is 0 Å². The Morgan fingerprint density at radius 1 is 1.12 bits per heavy atom. The van der Waals surface area contributed by atoms with Gasteiger partial charge in [-0.15, -0.1) is 0 Å². The molecule has 3 heterocycles. The van der Waals surface area contributed by atoms with Crippen molar-refractivity contribution in [3.63, 3.8) is 0 Å². The van der Waals surface area contributed by atoms with Crippen molar-refractivity contribution in [2.75, 3.05) is 32.8 Å². The molecule has 5 aliphatic rings. The molecule has 0 aromatic carbocycles. The molecule has 2 saturated carbocycles. The number of hydroxylamine groups is 1. The molecule has 1 N–H and O–H groups in total. The van der Waals surface area contributed by atoms with Crippen molar-refractivity contribution < 1.29 is 19.2 Å². The van der Waals surface area contributed by atoms with E-state index in [0.717, 1.165) is 38.9 Å². The van der Waals surface area contributed by atoms with Crippen LogP contribution in [-0.4, -0.2) is 66.7 Å². The van der Waals surface area contributed by atoms with Crippen LogP contribution in [0.3, 0.4) is 0 Å². The van der Waals surface area contributed by atoms with Gasteiger partial charge in [0.2, 0.25) is 5.91 Å². The Labute approximate surface area is 155 Å². The number of nitrogens with zero attached hydrogens (tertiary/aromatic N) is 2. The minimum atomic E-state index is -0.145. The summed E-state index contributed by atoms with van der Waals surface area (Å²) in [7, 11) is 0. The van der Waals surface area contributed by atoms with Crippen LogP contribution in [0.2, 0.25) is 0 Å². The number of likely N-dealkylation sites (tertiary alicyclic amines) is 1. The second kappa shape index (κ2) is 7.35. The molecule has 2 amide bonds. The molecule has 5 rings (SSSR count). The van der Waals surface area contributed by atoms with E-state index in [4.69, 9.17) is 9.57 Å². The Morgan fingerprint density at radius 3 is 2.50 bits per heavy atom. The highest BCUT2D eigenvalue weighted by molar-refractivity contribution is 5.81. The first kappa shape index (κ1) is 18.0. The van der Waals surface area contributed by atoms with E-state index in [2.05, 4.69) is 10.4 Å². The number of carbonyl (C=O) groups excluding carboxylic acids is 2. The van der Waals surface area contributed by atoms with Gasteiger partial charge in [0.1, 0.15) is 0 Å². The van der Waals surface area contributed by atoms with Gasteiger partial charge in [0.15, 0.2) is 0 Å². The van der Waals surface area contributed by atoms with Crippen molar-refractivity contribution in [1.29, 1.82) is 0 Å². The zero-order valence-corrected chi connectivity index (χ0v) is 15.9. The topological polar surface area (TPSA) is 71.1 Å². The van der Waals surface area contributed by atoms with E-state index in [1.54, 1.807) is 0 Å². The zero-order valence-electron chi connectivity index (χ0n) is 15.9. The number of fused-ring (bicyclic) bond motifs is 4. The lowest BCUT2D eigenvalue weighted by Gasteiger charge is -2.51. The smallest absolute Gasteiger partial charge is 0.410 e. The molecule has 0 spiro atoms. The monoisotopic (exact) mass is 365 g/mol. The first-order valence-electron chi connectivity index (χ1n) is 10.2. The van der Waals surface area contributed by atoms with Crippen molar-refractivity contribution in [3.8, 4) is 0 Å². The fourth-order valence-electron chi connectivity index (χ4n) is 5.47. The van der Waals surface area contributed by atoms with Crippen LogP contribution in [0.1, 0.15) is 39.5 Å². The number of piperidine rings is 3. The molecule has 3 aliphatic heterocycles. The molecule has 146 valence electrons. The molecule has 5 unspecified atom stereocenters. The van der Waals surface area contributed by atoms with Gasteiger partial charge in [-0.3, -0.25) is 14.5 Å². The molecule has 26 heavy (non-hydrogen) atoms. The van der Waals surface area contributed by atoms with Crippen molar-refractivity contribution in [1.82, 2.24) is 15.3 Å². The van der Waals surface area contributed by atoms with Gasteiger partial charge < -0.3 is 9.64 Å². The summed E-state index contributed by atoms with van der Waals surface area (Å²) in [6, 6.07) is 0.884. The third-order valence-electron chi connectivity index (χ3n) is 6.78. The summed E-state index contributed by atoms with van der Waals surface area (Å²) in [5.41, 5.74) is 2.61. The van der Waals surface area contributed by atoms with Gasteiger partial charge in [-0.1, -0.05) is 6.92 Å². The summed E-state index contributed by atoms with van der Waals surface area (Å²) in [5, 5.41) is 0. The number of amides is 2. The van der Waals surface area contributed by atoms with E-state index >= 15 is 0 Å². The van der Waals surface area contributed by atoms with Crippen molar-refractivity contribution in [2.45, 2.75) is 51.6 Å². The van der Waals surface area contributed by atoms with Gasteiger partial charge in [0.05, 0.1) is 13.2 Å². The molecule has 0 aromatic heterocycles. The second-order valence-electron chi connectivity index (χ2n) is 8.27. The Morgan fingerprint density at radius 2 is 1.88 bits per heavy atom. The third-order valence-corrected chi connectivity index (χ3v) is 6.78. The third kappa shape index (κ3) is 3.20. The van der Waals surface area contributed by atoms with Crippen LogP contribution in [0.5, 0.6) is 0 Å². The summed E-state index contributed by atoms with van der Waals surface area (Å²) < 4.78 is 5.22. The van der Waals surface area contributed by atoms with Crippen LogP contribution >= 0.6 is 0 Å². The molecule has 7 heteroatoms. The Balaban J connectivity index is 1.27. The van der Waals surface area contributed by atoms with Gasteiger partial charge in [0, 0.05) is 37.6 Å². The lowest BCUT2D eigenvalue weighted by Crippen LogP contribution is -2.60. The SMILES string of the molecule is CCCONC(=O)C1C2CN(C3CC4CCC3CN4C(=O)OCC)CC21. The number of nitrogens with one attached hydrogen (secondary N) is 1. The maximum absolute atomic E-state index is 12.2. The zero-order chi connectivity index (χ0) is 18.3. The quantitative estimate of drug-likeness (QED) is 0.572. The summed E-state index contributed by atoms with van der Waals surface area (Å²) in [4.78, 5) is 34.0. The minimum absolute atomic E-state index is 0.0618. The number of hydrogen-bond acceptors (Lipinski definition) is 5. The fourth-order valence-corrected chi connectivity index (χ4v) is 5.47. The molecule has 5 fully saturated rings. The lowest BCUT2D eigenvalue weighted by atomic mass is 9.75. The van der Waals surface area contributed by atoms with Gasteiger partial charge in [-0.2, -0.15) is 0 Å². The average Bonchev–Trinajstić information content (AvgIpc) is 3.16. The molecule has 5 atom stereocenters. The Hall–Kier alpha value is -1.34. The van der Waals surface area contributed by atoms with Crippen molar-refractivity contribution in [2.24, 2.45) is 23.7 Å². The van der Waals surface area contributed by atoms with E-state index in [1.165, 1.54) is 6.42 Å².